The Balaban J connectivity index is 1.81. The van der Waals surface area contributed by atoms with Gasteiger partial charge in [0.1, 0.15) is 5.38 Å². The van der Waals surface area contributed by atoms with Crippen LogP contribution in [0.3, 0.4) is 0 Å². The maximum absolute atomic E-state index is 11.6. The van der Waals surface area contributed by atoms with Gasteiger partial charge < -0.3 is 10.2 Å². The molecule has 1 saturated carbocycles. The summed E-state index contributed by atoms with van der Waals surface area (Å²) in [7, 11) is 0. The van der Waals surface area contributed by atoms with E-state index in [2.05, 4.69) is 17.1 Å². The summed E-state index contributed by atoms with van der Waals surface area (Å²) < 4.78 is 0. The molecule has 0 aromatic rings. The van der Waals surface area contributed by atoms with Crippen LogP contribution >= 0.6 is 11.6 Å². The molecule has 2 rings (SSSR count). The highest BCUT2D eigenvalue weighted by Crippen LogP contribution is 2.30. The number of hydrogen-bond acceptors (Lipinski definition) is 2. The van der Waals surface area contributed by atoms with Gasteiger partial charge in [0, 0.05) is 18.6 Å². The molecule has 3 atom stereocenters. The Morgan fingerprint density at radius 1 is 1.28 bits per heavy atom. The number of hydrogen-bond donors (Lipinski definition) is 1. The molecule has 18 heavy (non-hydrogen) atoms. The lowest BCUT2D eigenvalue weighted by Gasteiger charge is -2.43. The number of alkyl halides is 1. The SMILES string of the molecule is CC(Cl)C(=O)NC(C)C1CCCN(C2CCC2)C1. The predicted molar refractivity (Wildman–Crippen MR) is 74.9 cm³/mol. The first-order chi connectivity index (χ1) is 8.58. The fourth-order valence-corrected chi connectivity index (χ4v) is 3.05. The van der Waals surface area contributed by atoms with Crippen LogP contribution in [0.1, 0.15) is 46.0 Å². The molecule has 0 aromatic carbocycles. The second kappa shape index (κ2) is 6.25. The zero-order valence-electron chi connectivity index (χ0n) is 11.5. The van der Waals surface area contributed by atoms with Crippen LogP contribution < -0.4 is 5.32 Å². The first-order valence-corrected chi connectivity index (χ1v) is 7.70. The minimum absolute atomic E-state index is 0.0371. The van der Waals surface area contributed by atoms with E-state index in [0.29, 0.717) is 5.92 Å². The van der Waals surface area contributed by atoms with Crippen LogP contribution in [0.4, 0.5) is 0 Å². The van der Waals surface area contributed by atoms with Crippen LogP contribution in [-0.2, 0) is 4.79 Å². The third kappa shape index (κ3) is 3.39. The fourth-order valence-electron chi connectivity index (χ4n) is 2.99. The van der Waals surface area contributed by atoms with Crippen molar-refractivity contribution in [2.24, 2.45) is 5.92 Å². The van der Waals surface area contributed by atoms with Gasteiger partial charge in [0.15, 0.2) is 0 Å². The average Bonchev–Trinajstić information content (AvgIpc) is 2.26. The van der Waals surface area contributed by atoms with E-state index >= 15 is 0 Å². The van der Waals surface area contributed by atoms with Crippen molar-refractivity contribution in [3.63, 3.8) is 0 Å². The Kier molecular flexibility index (Phi) is 4.91. The molecular formula is C14H25ClN2O. The van der Waals surface area contributed by atoms with Crippen LogP contribution in [0.5, 0.6) is 0 Å². The standard InChI is InChI=1S/C14H25ClN2O/c1-10(15)14(18)16-11(2)12-5-4-8-17(9-12)13-6-3-7-13/h10-13H,3-9H2,1-2H3,(H,16,18). The molecular weight excluding hydrogens is 248 g/mol. The molecule has 0 spiro atoms. The summed E-state index contributed by atoms with van der Waals surface area (Å²) in [5, 5.41) is 2.62. The van der Waals surface area contributed by atoms with Gasteiger partial charge in [0.05, 0.1) is 0 Å². The van der Waals surface area contributed by atoms with E-state index in [4.69, 9.17) is 11.6 Å². The van der Waals surface area contributed by atoms with Crippen molar-refractivity contribution in [2.75, 3.05) is 13.1 Å². The first-order valence-electron chi connectivity index (χ1n) is 7.26. The number of carbonyl (C=O) groups excluding carboxylic acids is 1. The van der Waals surface area contributed by atoms with Crippen molar-refractivity contribution in [3.05, 3.63) is 0 Å². The van der Waals surface area contributed by atoms with Crippen LogP contribution in [0.15, 0.2) is 0 Å². The van der Waals surface area contributed by atoms with Gasteiger partial charge in [-0.3, -0.25) is 4.79 Å². The molecule has 1 amide bonds. The fraction of sp³-hybridized carbons (Fsp3) is 0.929. The topological polar surface area (TPSA) is 32.3 Å². The van der Waals surface area contributed by atoms with Crippen LogP contribution in [0, 0.1) is 5.92 Å². The molecule has 2 aliphatic rings. The second-order valence-electron chi connectivity index (χ2n) is 5.90. The van der Waals surface area contributed by atoms with E-state index in [1.165, 1.54) is 38.6 Å². The van der Waals surface area contributed by atoms with Gasteiger partial charge in [-0.15, -0.1) is 11.6 Å². The number of piperidine rings is 1. The van der Waals surface area contributed by atoms with Crippen molar-refractivity contribution in [2.45, 2.75) is 63.4 Å². The van der Waals surface area contributed by atoms with Gasteiger partial charge in [-0.05, 0) is 52.0 Å². The number of rotatable bonds is 4. The lowest BCUT2D eigenvalue weighted by Crippen LogP contribution is -2.51. The van der Waals surface area contributed by atoms with E-state index in [9.17, 15) is 4.79 Å². The number of likely N-dealkylation sites (tertiary alicyclic amines) is 1. The van der Waals surface area contributed by atoms with Gasteiger partial charge >= 0.3 is 0 Å². The van der Waals surface area contributed by atoms with Crippen LogP contribution in [-0.4, -0.2) is 41.4 Å². The lowest BCUT2D eigenvalue weighted by atomic mass is 9.85. The van der Waals surface area contributed by atoms with Crippen molar-refractivity contribution in [3.8, 4) is 0 Å². The largest absolute Gasteiger partial charge is 0.352 e. The van der Waals surface area contributed by atoms with Crippen molar-refractivity contribution in [1.82, 2.24) is 10.2 Å². The minimum atomic E-state index is -0.432. The number of carbonyl (C=O) groups is 1. The highest BCUT2D eigenvalue weighted by Gasteiger charge is 2.32. The summed E-state index contributed by atoms with van der Waals surface area (Å²) >= 11 is 5.80. The maximum Gasteiger partial charge on any atom is 0.237 e. The Morgan fingerprint density at radius 3 is 2.56 bits per heavy atom. The number of amides is 1. The summed E-state index contributed by atoms with van der Waals surface area (Å²) in [5.41, 5.74) is 0. The molecule has 0 bridgehead atoms. The summed E-state index contributed by atoms with van der Waals surface area (Å²) in [6.45, 7) is 6.23. The van der Waals surface area contributed by atoms with E-state index in [-0.39, 0.29) is 11.9 Å². The van der Waals surface area contributed by atoms with Crippen molar-refractivity contribution in [1.29, 1.82) is 0 Å². The van der Waals surface area contributed by atoms with E-state index in [0.717, 1.165) is 12.6 Å². The summed E-state index contributed by atoms with van der Waals surface area (Å²) in [6.07, 6.45) is 6.61. The van der Waals surface area contributed by atoms with E-state index in [1.807, 2.05) is 0 Å². The molecule has 1 saturated heterocycles. The highest BCUT2D eigenvalue weighted by atomic mass is 35.5. The van der Waals surface area contributed by atoms with Gasteiger partial charge in [-0.25, -0.2) is 0 Å². The number of nitrogens with one attached hydrogen (secondary N) is 1. The average molecular weight is 273 g/mol. The highest BCUT2D eigenvalue weighted by molar-refractivity contribution is 6.30. The zero-order chi connectivity index (χ0) is 13.1. The van der Waals surface area contributed by atoms with Gasteiger partial charge in [-0.1, -0.05) is 6.42 Å². The molecule has 1 aliphatic carbocycles. The molecule has 4 heteroatoms. The normalized spacial score (nSPS) is 29.4. The smallest absolute Gasteiger partial charge is 0.237 e. The molecule has 0 radical (unpaired) electrons. The molecule has 104 valence electrons. The van der Waals surface area contributed by atoms with Crippen LogP contribution in [0.2, 0.25) is 0 Å². The molecule has 1 heterocycles. The molecule has 2 fully saturated rings. The zero-order valence-corrected chi connectivity index (χ0v) is 12.2. The predicted octanol–water partition coefficient (Wildman–Crippen LogP) is 2.38. The Morgan fingerprint density at radius 2 is 2.00 bits per heavy atom. The summed E-state index contributed by atoms with van der Waals surface area (Å²) in [6, 6.07) is 1.06. The maximum atomic E-state index is 11.6. The second-order valence-corrected chi connectivity index (χ2v) is 6.55. The summed E-state index contributed by atoms with van der Waals surface area (Å²) in [4.78, 5) is 14.3. The van der Waals surface area contributed by atoms with Gasteiger partial charge in [-0.2, -0.15) is 0 Å². The third-order valence-electron chi connectivity index (χ3n) is 4.52. The molecule has 3 unspecified atom stereocenters. The van der Waals surface area contributed by atoms with E-state index < -0.39 is 5.38 Å². The minimum Gasteiger partial charge on any atom is -0.352 e. The molecule has 3 nitrogen and oxygen atoms in total. The van der Waals surface area contributed by atoms with Crippen molar-refractivity contribution < 1.29 is 4.79 Å². The number of halogens is 1. The number of nitrogens with zero attached hydrogens (tertiary/aromatic N) is 1. The molecule has 0 aromatic heterocycles. The quantitative estimate of drug-likeness (QED) is 0.797. The third-order valence-corrected chi connectivity index (χ3v) is 4.72. The Bertz CT molecular complexity index is 292. The summed E-state index contributed by atoms with van der Waals surface area (Å²) in [5.74, 6) is 0.545. The molecule has 1 N–H and O–H groups in total. The van der Waals surface area contributed by atoms with Gasteiger partial charge in [0.25, 0.3) is 0 Å². The van der Waals surface area contributed by atoms with Gasteiger partial charge in [0.2, 0.25) is 5.91 Å². The Hall–Kier alpha value is -0.280. The van der Waals surface area contributed by atoms with Crippen LogP contribution in [0.25, 0.3) is 0 Å². The lowest BCUT2D eigenvalue weighted by molar-refractivity contribution is -0.121. The molecule has 1 aliphatic heterocycles. The Labute approximate surface area is 115 Å². The van der Waals surface area contributed by atoms with E-state index in [1.54, 1.807) is 6.92 Å². The first kappa shape index (κ1) is 14.1. The van der Waals surface area contributed by atoms with Crippen molar-refractivity contribution >= 4 is 17.5 Å². The monoisotopic (exact) mass is 272 g/mol.